The minimum absolute atomic E-state index is 0.0258. The second-order valence-corrected chi connectivity index (χ2v) is 6.07. The van der Waals surface area contributed by atoms with E-state index in [2.05, 4.69) is 4.98 Å². The Morgan fingerprint density at radius 2 is 1.83 bits per heavy atom. The van der Waals surface area contributed by atoms with Crippen LogP contribution in [0.15, 0.2) is 17.8 Å². The van der Waals surface area contributed by atoms with Gasteiger partial charge < -0.3 is 14.2 Å². The number of hydrogen-bond donors (Lipinski definition) is 0. The van der Waals surface area contributed by atoms with Gasteiger partial charge in [0.2, 0.25) is 0 Å². The SMILES string of the molecule is CCOC(=O)CCOC(=O)C1=C(c2ncc(C(=O)OCC)cc2[N+](=O)[O-])CCC1. The third-order valence-electron chi connectivity index (χ3n) is 4.17. The summed E-state index contributed by atoms with van der Waals surface area (Å²) < 4.78 is 14.7. The maximum atomic E-state index is 12.4. The van der Waals surface area contributed by atoms with Crippen molar-refractivity contribution in [1.82, 2.24) is 4.98 Å². The minimum Gasteiger partial charge on any atom is -0.466 e. The van der Waals surface area contributed by atoms with Gasteiger partial charge in [-0.25, -0.2) is 14.6 Å². The average molecular weight is 406 g/mol. The highest BCUT2D eigenvalue weighted by Gasteiger charge is 2.30. The minimum atomic E-state index is -0.714. The molecule has 0 N–H and O–H groups in total. The van der Waals surface area contributed by atoms with Crippen molar-refractivity contribution in [2.75, 3.05) is 19.8 Å². The zero-order valence-corrected chi connectivity index (χ0v) is 16.3. The lowest BCUT2D eigenvalue weighted by molar-refractivity contribution is -0.385. The Morgan fingerprint density at radius 3 is 2.48 bits per heavy atom. The van der Waals surface area contributed by atoms with E-state index < -0.39 is 22.8 Å². The molecule has 0 aromatic carbocycles. The first-order chi connectivity index (χ1) is 13.9. The van der Waals surface area contributed by atoms with Crippen LogP contribution in [0.25, 0.3) is 5.57 Å². The number of hydrogen-bond acceptors (Lipinski definition) is 9. The molecule has 0 radical (unpaired) electrons. The fourth-order valence-electron chi connectivity index (χ4n) is 2.93. The van der Waals surface area contributed by atoms with Gasteiger partial charge >= 0.3 is 17.9 Å². The molecule has 1 aromatic rings. The molecule has 0 bridgehead atoms. The second kappa shape index (κ2) is 10.3. The molecule has 0 fully saturated rings. The fourth-order valence-corrected chi connectivity index (χ4v) is 2.93. The summed E-state index contributed by atoms with van der Waals surface area (Å²) in [5.41, 5.74) is 0.295. The lowest BCUT2D eigenvalue weighted by Gasteiger charge is -2.09. The summed E-state index contributed by atoms with van der Waals surface area (Å²) in [6, 6.07) is 1.09. The Bertz CT molecular complexity index is 847. The van der Waals surface area contributed by atoms with E-state index in [1.807, 2.05) is 0 Å². The molecule has 10 heteroatoms. The van der Waals surface area contributed by atoms with Gasteiger partial charge in [0.05, 0.1) is 30.1 Å². The van der Waals surface area contributed by atoms with E-state index in [9.17, 15) is 24.5 Å². The van der Waals surface area contributed by atoms with Crippen LogP contribution >= 0.6 is 0 Å². The van der Waals surface area contributed by atoms with Crippen LogP contribution in [0.2, 0.25) is 0 Å². The zero-order valence-electron chi connectivity index (χ0n) is 16.3. The van der Waals surface area contributed by atoms with Gasteiger partial charge in [-0.1, -0.05) is 0 Å². The van der Waals surface area contributed by atoms with Gasteiger partial charge in [0, 0.05) is 17.8 Å². The number of aromatic nitrogens is 1. The molecule has 1 aliphatic rings. The fraction of sp³-hybridized carbons (Fsp3) is 0.474. The number of ether oxygens (including phenoxy) is 3. The summed E-state index contributed by atoms with van der Waals surface area (Å²) in [6.45, 7) is 3.51. The summed E-state index contributed by atoms with van der Waals surface area (Å²) >= 11 is 0. The number of esters is 3. The summed E-state index contributed by atoms with van der Waals surface area (Å²) in [5, 5.41) is 11.5. The first kappa shape index (κ1) is 22.0. The van der Waals surface area contributed by atoms with Gasteiger partial charge in [0.25, 0.3) is 5.69 Å². The van der Waals surface area contributed by atoms with E-state index in [4.69, 9.17) is 14.2 Å². The second-order valence-electron chi connectivity index (χ2n) is 6.07. The molecule has 10 nitrogen and oxygen atoms in total. The van der Waals surface area contributed by atoms with E-state index in [-0.39, 0.29) is 48.8 Å². The van der Waals surface area contributed by atoms with Crippen molar-refractivity contribution in [1.29, 1.82) is 0 Å². The average Bonchev–Trinajstić information content (AvgIpc) is 3.17. The van der Waals surface area contributed by atoms with Crippen LogP contribution in [-0.2, 0) is 23.8 Å². The van der Waals surface area contributed by atoms with Gasteiger partial charge in [-0.05, 0) is 38.7 Å². The van der Waals surface area contributed by atoms with Crippen LogP contribution in [0.1, 0.15) is 55.6 Å². The number of allylic oxidation sites excluding steroid dienone is 1. The third-order valence-corrected chi connectivity index (χ3v) is 4.17. The van der Waals surface area contributed by atoms with Crippen LogP contribution in [0.3, 0.4) is 0 Å². The molecule has 29 heavy (non-hydrogen) atoms. The van der Waals surface area contributed by atoms with Gasteiger partial charge in [0.15, 0.2) is 0 Å². The van der Waals surface area contributed by atoms with Crippen molar-refractivity contribution in [3.05, 3.63) is 39.2 Å². The van der Waals surface area contributed by atoms with E-state index in [1.54, 1.807) is 13.8 Å². The highest BCUT2D eigenvalue weighted by molar-refractivity contribution is 6.00. The smallest absolute Gasteiger partial charge is 0.339 e. The molecule has 0 unspecified atom stereocenters. The number of rotatable bonds is 9. The van der Waals surface area contributed by atoms with Crippen molar-refractivity contribution >= 4 is 29.2 Å². The Hall–Kier alpha value is -3.30. The van der Waals surface area contributed by atoms with Crippen LogP contribution in [-0.4, -0.2) is 47.6 Å². The zero-order chi connectivity index (χ0) is 21.4. The lowest BCUT2D eigenvalue weighted by atomic mass is 10.0. The topological polar surface area (TPSA) is 135 Å². The summed E-state index contributed by atoms with van der Waals surface area (Å²) in [6.07, 6.45) is 2.52. The molecule has 1 aliphatic carbocycles. The van der Waals surface area contributed by atoms with Crippen LogP contribution < -0.4 is 0 Å². The first-order valence-electron chi connectivity index (χ1n) is 9.25. The van der Waals surface area contributed by atoms with E-state index in [0.717, 1.165) is 6.07 Å². The standard InChI is InChI=1S/C19H22N2O8/c1-3-27-16(22)8-9-29-19(24)14-7-5-6-13(14)17-15(21(25)26)10-12(11-20-17)18(23)28-4-2/h10-11H,3-9H2,1-2H3. The van der Waals surface area contributed by atoms with Crippen molar-refractivity contribution in [3.63, 3.8) is 0 Å². The van der Waals surface area contributed by atoms with Gasteiger partial charge in [-0.15, -0.1) is 0 Å². The predicted octanol–water partition coefficient (Wildman–Crippen LogP) is 2.60. The molecular formula is C19H22N2O8. The highest BCUT2D eigenvalue weighted by atomic mass is 16.6. The Kier molecular flexibility index (Phi) is 7.81. The maximum Gasteiger partial charge on any atom is 0.339 e. The first-order valence-corrected chi connectivity index (χ1v) is 9.25. The Morgan fingerprint density at radius 1 is 1.10 bits per heavy atom. The molecular weight excluding hydrogens is 384 g/mol. The normalized spacial score (nSPS) is 13.2. The number of carbonyl (C=O) groups excluding carboxylic acids is 3. The molecule has 156 valence electrons. The molecule has 0 aliphatic heterocycles. The van der Waals surface area contributed by atoms with Crippen LogP contribution in [0.5, 0.6) is 0 Å². The Labute approximate surface area is 167 Å². The molecule has 0 amide bonds. The maximum absolute atomic E-state index is 12.4. The molecule has 2 rings (SSSR count). The quantitative estimate of drug-likeness (QED) is 0.262. The number of nitrogens with zero attached hydrogens (tertiary/aromatic N) is 2. The van der Waals surface area contributed by atoms with Crippen molar-refractivity contribution in [2.45, 2.75) is 39.5 Å². The number of carbonyl (C=O) groups is 3. The lowest BCUT2D eigenvalue weighted by Crippen LogP contribution is -2.14. The van der Waals surface area contributed by atoms with Gasteiger partial charge in [-0.3, -0.25) is 14.9 Å². The summed E-state index contributed by atoms with van der Waals surface area (Å²) in [5.74, 6) is -1.84. The van der Waals surface area contributed by atoms with Crippen molar-refractivity contribution < 1.29 is 33.5 Å². The predicted molar refractivity (Wildman–Crippen MR) is 99.8 cm³/mol. The summed E-state index contributed by atoms with van der Waals surface area (Å²) in [4.78, 5) is 50.5. The van der Waals surface area contributed by atoms with E-state index in [1.165, 1.54) is 6.20 Å². The number of pyridine rings is 1. The molecule has 0 atom stereocenters. The van der Waals surface area contributed by atoms with Crippen LogP contribution in [0, 0.1) is 10.1 Å². The van der Waals surface area contributed by atoms with E-state index >= 15 is 0 Å². The van der Waals surface area contributed by atoms with Gasteiger partial charge in [0.1, 0.15) is 12.3 Å². The van der Waals surface area contributed by atoms with Crippen LogP contribution in [0.4, 0.5) is 5.69 Å². The van der Waals surface area contributed by atoms with Crippen molar-refractivity contribution in [2.24, 2.45) is 0 Å². The van der Waals surface area contributed by atoms with E-state index in [0.29, 0.717) is 24.8 Å². The van der Waals surface area contributed by atoms with Gasteiger partial charge in [-0.2, -0.15) is 0 Å². The number of nitro groups is 1. The Balaban J connectivity index is 2.26. The molecule has 1 heterocycles. The molecule has 0 saturated heterocycles. The largest absolute Gasteiger partial charge is 0.466 e. The van der Waals surface area contributed by atoms with Crippen molar-refractivity contribution in [3.8, 4) is 0 Å². The monoisotopic (exact) mass is 406 g/mol. The molecule has 0 spiro atoms. The summed E-state index contributed by atoms with van der Waals surface area (Å²) in [7, 11) is 0. The highest BCUT2D eigenvalue weighted by Crippen LogP contribution is 2.37. The molecule has 0 saturated carbocycles. The molecule has 1 aromatic heterocycles. The third kappa shape index (κ3) is 5.59.